The Labute approximate surface area is 119 Å². The van der Waals surface area contributed by atoms with Crippen molar-refractivity contribution in [1.29, 1.82) is 0 Å². The maximum atomic E-state index is 12.9. The third kappa shape index (κ3) is 2.42. The number of halogens is 2. The number of anilines is 1. The molecule has 0 atom stereocenters. The Kier molecular flexibility index (Phi) is 3.23. The lowest BCUT2D eigenvalue weighted by molar-refractivity contribution is 0.627. The summed E-state index contributed by atoms with van der Waals surface area (Å²) in [6.07, 6.45) is 1.55. The standard InChI is InChI=1S/C13H11ClFN5/c1-20(6-8-2-4-9(15)5-3-8)12-10-11(17-7-16-10)18-13(14)19-12/h2-5,7H,6H2,1H3,(H,16,17,18,19). The fourth-order valence-corrected chi connectivity index (χ4v) is 2.17. The van der Waals surface area contributed by atoms with Crippen LogP contribution in [0.1, 0.15) is 5.56 Å². The largest absolute Gasteiger partial charge is 0.353 e. The smallest absolute Gasteiger partial charge is 0.226 e. The molecule has 1 aromatic carbocycles. The highest BCUT2D eigenvalue weighted by atomic mass is 35.5. The van der Waals surface area contributed by atoms with Gasteiger partial charge in [0.2, 0.25) is 5.28 Å². The van der Waals surface area contributed by atoms with Crippen LogP contribution in [0.3, 0.4) is 0 Å². The Bertz CT molecular complexity index is 740. The van der Waals surface area contributed by atoms with Crippen LogP contribution in [0.5, 0.6) is 0 Å². The maximum absolute atomic E-state index is 12.9. The van der Waals surface area contributed by atoms with Gasteiger partial charge in [0.15, 0.2) is 11.5 Å². The highest BCUT2D eigenvalue weighted by molar-refractivity contribution is 6.28. The van der Waals surface area contributed by atoms with Crippen molar-refractivity contribution in [3.05, 3.63) is 47.3 Å². The first kappa shape index (κ1) is 12.8. The number of H-pyrrole nitrogens is 1. The van der Waals surface area contributed by atoms with Crippen LogP contribution >= 0.6 is 11.6 Å². The van der Waals surface area contributed by atoms with E-state index in [1.54, 1.807) is 18.5 Å². The molecular weight excluding hydrogens is 281 g/mol. The molecule has 7 heteroatoms. The molecule has 0 amide bonds. The van der Waals surface area contributed by atoms with E-state index in [9.17, 15) is 4.39 Å². The van der Waals surface area contributed by atoms with Crippen LogP contribution in [0.15, 0.2) is 30.6 Å². The van der Waals surface area contributed by atoms with Gasteiger partial charge < -0.3 is 9.88 Å². The number of imidazole rings is 1. The van der Waals surface area contributed by atoms with Crippen LogP contribution in [-0.4, -0.2) is 27.0 Å². The van der Waals surface area contributed by atoms with E-state index in [1.807, 2.05) is 11.9 Å². The van der Waals surface area contributed by atoms with E-state index in [4.69, 9.17) is 11.6 Å². The molecular formula is C13H11ClFN5. The van der Waals surface area contributed by atoms with Crippen molar-refractivity contribution < 1.29 is 4.39 Å². The first-order valence-electron chi connectivity index (χ1n) is 5.95. The lowest BCUT2D eigenvalue weighted by Crippen LogP contribution is -2.18. The molecule has 0 radical (unpaired) electrons. The second kappa shape index (κ2) is 5.05. The summed E-state index contributed by atoms with van der Waals surface area (Å²) in [4.78, 5) is 17.2. The van der Waals surface area contributed by atoms with Crippen molar-refractivity contribution in [3.63, 3.8) is 0 Å². The van der Waals surface area contributed by atoms with Gasteiger partial charge in [-0.15, -0.1) is 0 Å². The first-order valence-corrected chi connectivity index (χ1v) is 6.33. The summed E-state index contributed by atoms with van der Waals surface area (Å²) in [7, 11) is 1.88. The number of aromatic nitrogens is 4. The first-order chi connectivity index (χ1) is 9.63. The van der Waals surface area contributed by atoms with E-state index in [0.29, 0.717) is 18.0 Å². The third-order valence-electron chi connectivity index (χ3n) is 2.93. The number of rotatable bonds is 3. The van der Waals surface area contributed by atoms with E-state index >= 15 is 0 Å². The molecule has 0 unspecified atom stereocenters. The van der Waals surface area contributed by atoms with Crippen LogP contribution < -0.4 is 4.90 Å². The quantitative estimate of drug-likeness (QED) is 0.754. The van der Waals surface area contributed by atoms with Gasteiger partial charge in [-0.3, -0.25) is 0 Å². The topological polar surface area (TPSA) is 57.7 Å². The normalized spacial score (nSPS) is 10.9. The SMILES string of the molecule is CN(Cc1ccc(F)cc1)c1nc(Cl)nc2nc[nH]c12. The molecule has 1 N–H and O–H groups in total. The van der Waals surface area contributed by atoms with Gasteiger partial charge in [-0.2, -0.15) is 9.97 Å². The molecule has 0 aliphatic carbocycles. The predicted octanol–water partition coefficient (Wildman–Crippen LogP) is 2.78. The highest BCUT2D eigenvalue weighted by Gasteiger charge is 2.13. The van der Waals surface area contributed by atoms with Crippen LogP contribution in [0.25, 0.3) is 11.2 Å². The third-order valence-corrected chi connectivity index (χ3v) is 3.10. The summed E-state index contributed by atoms with van der Waals surface area (Å²) in [5.41, 5.74) is 2.21. The minimum atomic E-state index is -0.252. The predicted molar refractivity (Wildman–Crippen MR) is 75.2 cm³/mol. The van der Waals surface area contributed by atoms with E-state index < -0.39 is 0 Å². The molecule has 0 saturated carbocycles. The number of hydrogen-bond acceptors (Lipinski definition) is 4. The van der Waals surface area contributed by atoms with Crippen molar-refractivity contribution in [2.45, 2.75) is 6.54 Å². The van der Waals surface area contributed by atoms with Crippen molar-refractivity contribution >= 4 is 28.6 Å². The van der Waals surface area contributed by atoms with Crippen molar-refractivity contribution in [2.75, 3.05) is 11.9 Å². The fourth-order valence-electron chi connectivity index (χ4n) is 2.01. The molecule has 2 heterocycles. The van der Waals surface area contributed by atoms with Crippen LogP contribution in [0, 0.1) is 5.82 Å². The summed E-state index contributed by atoms with van der Waals surface area (Å²) >= 11 is 5.90. The second-order valence-corrected chi connectivity index (χ2v) is 4.74. The Hall–Kier alpha value is -2.21. The minimum Gasteiger partial charge on any atom is -0.353 e. The summed E-state index contributed by atoms with van der Waals surface area (Å²) in [5.74, 6) is 0.402. The zero-order chi connectivity index (χ0) is 14.1. The molecule has 5 nitrogen and oxygen atoms in total. The van der Waals surface area contributed by atoms with Crippen LogP contribution in [-0.2, 0) is 6.54 Å². The van der Waals surface area contributed by atoms with Crippen molar-refractivity contribution in [1.82, 2.24) is 19.9 Å². The van der Waals surface area contributed by atoms with Gasteiger partial charge in [0.05, 0.1) is 6.33 Å². The van der Waals surface area contributed by atoms with Gasteiger partial charge in [-0.25, -0.2) is 9.37 Å². The van der Waals surface area contributed by atoms with Crippen LogP contribution in [0.2, 0.25) is 5.28 Å². The lowest BCUT2D eigenvalue weighted by atomic mass is 10.2. The van der Waals surface area contributed by atoms with Gasteiger partial charge in [0.1, 0.15) is 11.3 Å². The fraction of sp³-hybridized carbons (Fsp3) is 0.154. The Morgan fingerprint density at radius 1 is 1.25 bits per heavy atom. The number of fused-ring (bicyclic) bond motifs is 1. The molecule has 102 valence electrons. The molecule has 0 aliphatic rings. The molecule has 2 aromatic heterocycles. The lowest BCUT2D eigenvalue weighted by Gasteiger charge is -2.18. The summed E-state index contributed by atoms with van der Waals surface area (Å²) in [6.45, 7) is 0.571. The number of hydrogen-bond donors (Lipinski definition) is 1. The maximum Gasteiger partial charge on any atom is 0.226 e. The average Bonchev–Trinajstić information content (AvgIpc) is 2.88. The molecule has 3 aromatic rings. The number of nitrogens with one attached hydrogen (secondary N) is 1. The van der Waals surface area contributed by atoms with E-state index in [2.05, 4.69) is 19.9 Å². The summed E-state index contributed by atoms with van der Waals surface area (Å²) in [5, 5.41) is 0.144. The second-order valence-electron chi connectivity index (χ2n) is 4.40. The van der Waals surface area contributed by atoms with E-state index in [0.717, 1.165) is 11.1 Å². The zero-order valence-corrected chi connectivity index (χ0v) is 11.4. The van der Waals surface area contributed by atoms with Crippen molar-refractivity contribution in [3.8, 4) is 0 Å². The Balaban J connectivity index is 1.93. The zero-order valence-electron chi connectivity index (χ0n) is 10.6. The molecule has 0 spiro atoms. The van der Waals surface area contributed by atoms with Gasteiger partial charge in [-0.05, 0) is 29.3 Å². The van der Waals surface area contributed by atoms with E-state index in [1.165, 1.54) is 12.1 Å². The highest BCUT2D eigenvalue weighted by Crippen LogP contribution is 2.23. The Morgan fingerprint density at radius 2 is 2.00 bits per heavy atom. The summed E-state index contributed by atoms with van der Waals surface area (Å²) in [6, 6.07) is 6.33. The van der Waals surface area contributed by atoms with Crippen LogP contribution in [0.4, 0.5) is 10.2 Å². The van der Waals surface area contributed by atoms with Gasteiger partial charge >= 0.3 is 0 Å². The average molecular weight is 292 g/mol. The number of nitrogens with zero attached hydrogens (tertiary/aromatic N) is 4. The molecule has 0 saturated heterocycles. The summed E-state index contributed by atoms with van der Waals surface area (Å²) < 4.78 is 12.9. The van der Waals surface area contributed by atoms with Gasteiger partial charge in [0, 0.05) is 13.6 Å². The minimum absolute atomic E-state index is 0.144. The van der Waals surface area contributed by atoms with Gasteiger partial charge in [-0.1, -0.05) is 12.1 Å². The molecule has 3 rings (SSSR count). The molecule has 0 fully saturated rings. The Morgan fingerprint density at radius 3 is 2.75 bits per heavy atom. The molecule has 20 heavy (non-hydrogen) atoms. The molecule has 0 bridgehead atoms. The number of benzene rings is 1. The van der Waals surface area contributed by atoms with E-state index in [-0.39, 0.29) is 11.1 Å². The monoisotopic (exact) mass is 291 g/mol. The van der Waals surface area contributed by atoms with Gasteiger partial charge in [0.25, 0.3) is 0 Å². The number of aromatic amines is 1. The van der Waals surface area contributed by atoms with Crippen molar-refractivity contribution in [2.24, 2.45) is 0 Å². The molecule has 0 aliphatic heterocycles.